The summed E-state index contributed by atoms with van der Waals surface area (Å²) < 4.78 is 3.86. The minimum absolute atomic E-state index is 0. The Morgan fingerprint density at radius 3 is 2.39 bits per heavy atom. The highest BCUT2D eigenvalue weighted by Crippen LogP contribution is 2.17. The van der Waals surface area contributed by atoms with Gasteiger partial charge in [-0.25, -0.2) is 4.98 Å². The van der Waals surface area contributed by atoms with Gasteiger partial charge in [0.2, 0.25) is 5.95 Å². The molecule has 0 bridgehead atoms. The van der Waals surface area contributed by atoms with Crippen LogP contribution in [0.2, 0.25) is 5.02 Å². The molecule has 4 aromatic rings. The number of aromatic nitrogens is 5. The fourth-order valence-electron chi connectivity index (χ4n) is 4.72. The Hall–Kier alpha value is -3.36. The second-order valence-electron chi connectivity index (χ2n) is 10.3. The number of amides is 1. The average molecular weight is 599 g/mol. The van der Waals surface area contributed by atoms with E-state index in [9.17, 15) is 4.79 Å². The predicted molar refractivity (Wildman–Crippen MR) is 168 cm³/mol. The molecule has 8 nitrogen and oxygen atoms in total. The van der Waals surface area contributed by atoms with Crippen molar-refractivity contribution in [2.24, 2.45) is 0 Å². The Bertz CT molecular complexity index is 1330. The maximum Gasteiger partial charge on any atom is 0.251 e. The van der Waals surface area contributed by atoms with Crippen LogP contribution in [0.25, 0.3) is 0 Å². The van der Waals surface area contributed by atoms with Crippen LogP contribution < -0.4 is 11.1 Å². The molecule has 0 spiro atoms. The van der Waals surface area contributed by atoms with E-state index in [1.165, 1.54) is 24.8 Å². The van der Waals surface area contributed by atoms with Crippen LogP contribution in [-0.2, 0) is 32.4 Å². The lowest BCUT2D eigenvalue weighted by Crippen LogP contribution is -2.27. The van der Waals surface area contributed by atoms with Crippen molar-refractivity contribution in [2.75, 3.05) is 12.3 Å². The molecule has 0 atom stereocenters. The number of aryl methyl sites for hydroxylation is 3. The van der Waals surface area contributed by atoms with Crippen LogP contribution >= 0.6 is 24.0 Å². The number of nitrogen functional groups attached to an aromatic ring is 1. The summed E-state index contributed by atoms with van der Waals surface area (Å²) in [4.78, 5) is 16.8. The van der Waals surface area contributed by atoms with E-state index in [1.54, 1.807) is 4.68 Å². The number of benzene rings is 2. The Morgan fingerprint density at radius 2 is 1.63 bits per heavy atom. The SMILES string of the molecule is CCCCCc1ccc(C(=O)NCCn2cc(CCCCCc3cnc(N)n3Cc3ccc(Cl)cc3)nn2)cc1.Cl. The van der Waals surface area contributed by atoms with E-state index in [2.05, 4.69) is 44.2 Å². The normalized spacial score (nSPS) is 10.9. The number of nitrogens with two attached hydrogens (primary N) is 1. The lowest BCUT2D eigenvalue weighted by Gasteiger charge is -2.10. The van der Waals surface area contributed by atoms with E-state index in [0.29, 0.717) is 31.1 Å². The fraction of sp³-hybridized carbons (Fsp3) is 0.419. The number of hydrogen-bond donors (Lipinski definition) is 2. The molecular formula is C31H41Cl2N7O. The topological polar surface area (TPSA) is 104 Å². The number of nitrogens with zero attached hydrogens (tertiary/aromatic N) is 5. The van der Waals surface area contributed by atoms with Gasteiger partial charge in [0.25, 0.3) is 5.91 Å². The number of anilines is 1. The summed E-state index contributed by atoms with van der Waals surface area (Å²) in [6, 6.07) is 15.7. The molecule has 4 rings (SSSR count). The fourth-order valence-corrected chi connectivity index (χ4v) is 4.85. The van der Waals surface area contributed by atoms with Crippen LogP contribution in [0.1, 0.15) is 78.3 Å². The molecule has 0 fully saturated rings. The van der Waals surface area contributed by atoms with E-state index in [1.807, 2.05) is 48.8 Å². The van der Waals surface area contributed by atoms with Gasteiger partial charge >= 0.3 is 0 Å². The lowest BCUT2D eigenvalue weighted by atomic mass is 10.1. The van der Waals surface area contributed by atoms with Crippen molar-refractivity contribution in [3.05, 3.63) is 94.0 Å². The summed E-state index contributed by atoms with van der Waals surface area (Å²) in [5.41, 5.74) is 11.3. The molecule has 0 saturated carbocycles. The van der Waals surface area contributed by atoms with E-state index >= 15 is 0 Å². The van der Waals surface area contributed by atoms with Crippen molar-refractivity contribution in [2.45, 2.75) is 77.8 Å². The van der Waals surface area contributed by atoms with Crippen LogP contribution in [0.5, 0.6) is 0 Å². The zero-order valence-electron chi connectivity index (χ0n) is 23.8. The molecule has 0 aliphatic heterocycles. The number of rotatable bonds is 16. The van der Waals surface area contributed by atoms with Crippen molar-refractivity contribution in [3.63, 3.8) is 0 Å². The molecule has 0 radical (unpaired) electrons. The maximum atomic E-state index is 12.5. The van der Waals surface area contributed by atoms with Gasteiger partial charge in [-0.1, -0.05) is 67.3 Å². The molecule has 3 N–H and O–H groups in total. The third-order valence-corrected chi connectivity index (χ3v) is 7.34. The number of unbranched alkanes of at least 4 members (excludes halogenated alkanes) is 4. The van der Waals surface area contributed by atoms with Gasteiger partial charge in [-0.15, -0.1) is 17.5 Å². The van der Waals surface area contributed by atoms with Gasteiger partial charge in [0.1, 0.15) is 0 Å². The smallest absolute Gasteiger partial charge is 0.251 e. The largest absolute Gasteiger partial charge is 0.369 e. The van der Waals surface area contributed by atoms with Crippen molar-refractivity contribution in [1.29, 1.82) is 0 Å². The van der Waals surface area contributed by atoms with Crippen molar-refractivity contribution in [3.8, 4) is 0 Å². The van der Waals surface area contributed by atoms with Gasteiger partial charge < -0.3 is 15.6 Å². The molecule has 2 heterocycles. The second kappa shape index (κ2) is 16.8. The van der Waals surface area contributed by atoms with Crippen molar-refractivity contribution < 1.29 is 4.79 Å². The molecule has 2 aromatic heterocycles. The van der Waals surface area contributed by atoms with Crippen LogP contribution in [0.3, 0.4) is 0 Å². The maximum absolute atomic E-state index is 12.5. The standard InChI is InChI=1S/C31H40ClN7O.ClH/c1-2-3-5-8-24-11-15-26(16-12-24)30(40)34-19-20-38-23-28(36-37-38)9-6-4-7-10-29-21-35-31(33)39(29)22-25-13-17-27(32)18-14-25;/h11-18,21,23H,2-10,19-20,22H2,1H3,(H2,33,35)(H,34,40);1H. The van der Waals surface area contributed by atoms with Gasteiger partial charge in [0, 0.05) is 29.0 Å². The molecule has 2 aromatic carbocycles. The summed E-state index contributed by atoms with van der Waals surface area (Å²) in [6.45, 7) is 3.99. The quantitative estimate of drug-likeness (QED) is 0.147. The first-order valence-electron chi connectivity index (χ1n) is 14.3. The first kappa shape index (κ1) is 32.2. The highest BCUT2D eigenvalue weighted by molar-refractivity contribution is 6.30. The zero-order chi connectivity index (χ0) is 28.2. The molecule has 0 aliphatic rings. The number of nitrogens with one attached hydrogen (secondary N) is 1. The number of imidazole rings is 1. The number of halogens is 2. The number of carbonyl (C=O) groups is 1. The Balaban J connectivity index is 0.00000462. The summed E-state index contributed by atoms with van der Waals surface area (Å²) in [5.74, 6) is 0.477. The van der Waals surface area contributed by atoms with Crippen molar-refractivity contribution >= 4 is 35.9 Å². The Labute approximate surface area is 254 Å². The van der Waals surface area contributed by atoms with Gasteiger partial charge in [-0.05, 0) is 73.9 Å². The summed E-state index contributed by atoms with van der Waals surface area (Å²) >= 11 is 6.00. The van der Waals surface area contributed by atoms with Gasteiger partial charge in [-0.2, -0.15) is 0 Å². The van der Waals surface area contributed by atoms with Crippen LogP contribution in [-0.4, -0.2) is 37.0 Å². The van der Waals surface area contributed by atoms with E-state index < -0.39 is 0 Å². The lowest BCUT2D eigenvalue weighted by molar-refractivity contribution is 0.0952. The zero-order valence-corrected chi connectivity index (χ0v) is 25.3. The molecule has 41 heavy (non-hydrogen) atoms. The highest BCUT2D eigenvalue weighted by Gasteiger charge is 2.09. The van der Waals surface area contributed by atoms with E-state index in [0.717, 1.165) is 60.5 Å². The highest BCUT2D eigenvalue weighted by atomic mass is 35.5. The molecule has 220 valence electrons. The summed E-state index contributed by atoms with van der Waals surface area (Å²) in [7, 11) is 0. The van der Waals surface area contributed by atoms with Gasteiger partial charge in [0.15, 0.2) is 0 Å². The molecule has 0 aliphatic carbocycles. The predicted octanol–water partition coefficient (Wildman–Crippen LogP) is 6.30. The van der Waals surface area contributed by atoms with Gasteiger partial charge in [0.05, 0.1) is 25.0 Å². The van der Waals surface area contributed by atoms with Gasteiger partial charge in [-0.3, -0.25) is 9.48 Å². The first-order valence-corrected chi connectivity index (χ1v) is 14.7. The van der Waals surface area contributed by atoms with Crippen LogP contribution in [0.15, 0.2) is 60.9 Å². The van der Waals surface area contributed by atoms with Crippen LogP contribution in [0.4, 0.5) is 5.95 Å². The third-order valence-electron chi connectivity index (χ3n) is 7.09. The Morgan fingerprint density at radius 1 is 0.927 bits per heavy atom. The molecule has 0 unspecified atom stereocenters. The van der Waals surface area contributed by atoms with Crippen molar-refractivity contribution in [1.82, 2.24) is 29.9 Å². The molecular weight excluding hydrogens is 557 g/mol. The monoisotopic (exact) mass is 597 g/mol. The number of hydrogen-bond acceptors (Lipinski definition) is 5. The minimum Gasteiger partial charge on any atom is -0.369 e. The van der Waals surface area contributed by atoms with E-state index in [-0.39, 0.29) is 18.3 Å². The summed E-state index contributed by atoms with van der Waals surface area (Å²) in [5, 5.41) is 12.2. The molecule has 1 amide bonds. The third kappa shape index (κ3) is 10.2. The number of carbonyl (C=O) groups excluding carboxylic acids is 1. The minimum atomic E-state index is -0.0586. The molecule has 0 saturated heterocycles. The van der Waals surface area contributed by atoms with E-state index in [4.69, 9.17) is 17.3 Å². The summed E-state index contributed by atoms with van der Waals surface area (Å²) in [6.07, 6.45) is 13.5. The second-order valence-corrected chi connectivity index (χ2v) is 10.7. The first-order chi connectivity index (χ1) is 19.5. The van der Waals surface area contributed by atoms with Crippen LogP contribution in [0, 0.1) is 0 Å². The average Bonchev–Trinajstić information content (AvgIpc) is 3.56. The Kier molecular flexibility index (Phi) is 13.2. The molecule has 10 heteroatoms.